The zero-order valence-corrected chi connectivity index (χ0v) is 18.7. The number of aryl methyl sites for hydroxylation is 1. The Morgan fingerprint density at radius 3 is 2.34 bits per heavy atom. The topological polar surface area (TPSA) is 122 Å². The van der Waals surface area contributed by atoms with Crippen LogP contribution in [0.2, 0.25) is 0 Å². The number of carbonyl (C=O) groups is 3. The van der Waals surface area contributed by atoms with Crippen LogP contribution in [0.1, 0.15) is 44.4 Å². The molecule has 0 saturated carbocycles. The molecule has 4 amide bonds. The maximum atomic E-state index is 13.1. The van der Waals surface area contributed by atoms with Gasteiger partial charge in [0.15, 0.2) is 0 Å². The van der Waals surface area contributed by atoms with Crippen molar-refractivity contribution >= 4 is 29.2 Å². The Kier molecular flexibility index (Phi) is 5.78. The molecule has 0 radical (unpaired) electrons. The van der Waals surface area contributed by atoms with Crippen molar-refractivity contribution in [2.45, 2.75) is 45.6 Å². The van der Waals surface area contributed by atoms with Crippen LogP contribution in [-0.2, 0) is 20.5 Å². The number of nitrogens with zero attached hydrogens (tertiary/aromatic N) is 2. The number of hydrogen-bond donors (Lipinski definition) is 2. The third-order valence-corrected chi connectivity index (χ3v) is 5.59. The van der Waals surface area contributed by atoms with Crippen molar-refractivity contribution in [3.05, 3.63) is 69.3 Å². The zero-order valence-electron chi connectivity index (χ0n) is 18.7. The number of rotatable bonds is 5. The molecule has 1 saturated heterocycles. The molecule has 0 unspecified atom stereocenters. The van der Waals surface area contributed by atoms with E-state index in [9.17, 15) is 24.5 Å². The van der Waals surface area contributed by atoms with Crippen LogP contribution in [0.5, 0.6) is 0 Å². The molecule has 1 fully saturated rings. The number of anilines is 1. The van der Waals surface area contributed by atoms with Crippen molar-refractivity contribution in [2.24, 2.45) is 0 Å². The lowest BCUT2D eigenvalue weighted by Gasteiger charge is -2.24. The van der Waals surface area contributed by atoms with E-state index >= 15 is 0 Å². The Balaban J connectivity index is 1.75. The molecule has 2 aromatic carbocycles. The van der Waals surface area contributed by atoms with Gasteiger partial charge in [-0.25, -0.2) is 4.79 Å². The molecule has 3 rings (SSSR count). The van der Waals surface area contributed by atoms with Gasteiger partial charge in [0.05, 0.1) is 4.92 Å². The molecule has 9 nitrogen and oxygen atoms in total. The van der Waals surface area contributed by atoms with E-state index in [1.54, 1.807) is 26.0 Å². The summed E-state index contributed by atoms with van der Waals surface area (Å²) in [6.07, 6.45) is 0. The number of amides is 4. The predicted molar refractivity (Wildman–Crippen MR) is 119 cm³/mol. The van der Waals surface area contributed by atoms with E-state index in [2.05, 4.69) is 31.4 Å². The number of hydrogen-bond acceptors (Lipinski definition) is 5. The number of carbonyl (C=O) groups excluding carboxylic acids is 3. The Hall–Kier alpha value is -3.75. The van der Waals surface area contributed by atoms with Gasteiger partial charge in [0.25, 0.3) is 11.6 Å². The molecule has 1 aliphatic heterocycles. The van der Waals surface area contributed by atoms with E-state index in [1.165, 1.54) is 18.2 Å². The van der Waals surface area contributed by atoms with Crippen molar-refractivity contribution < 1.29 is 19.3 Å². The lowest BCUT2D eigenvalue weighted by atomic mass is 9.84. The molecular formula is C23H26N4O5. The van der Waals surface area contributed by atoms with Crippen molar-refractivity contribution in [3.8, 4) is 0 Å². The molecule has 168 valence electrons. The zero-order chi connectivity index (χ0) is 23.8. The summed E-state index contributed by atoms with van der Waals surface area (Å²) < 4.78 is 0. The number of imide groups is 1. The summed E-state index contributed by atoms with van der Waals surface area (Å²) >= 11 is 0. The van der Waals surface area contributed by atoms with E-state index in [0.29, 0.717) is 11.1 Å². The number of urea groups is 1. The Morgan fingerprint density at radius 2 is 1.78 bits per heavy atom. The van der Waals surface area contributed by atoms with E-state index < -0.39 is 34.9 Å². The van der Waals surface area contributed by atoms with Crippen molar-refractivity contribution in [3.63, 3.8) is 0 Å². The number of nitrogens with one attached hydrogen (secondary N) is 2. The highest BCUT2D eigenvalue weighted by Crippen LogP contribution is 2.31. The number of nitro benzene ring substituents is 1. The van der Waals surface area contributed by atoms with Crippen LogP contribution < -0.4 is 10.6 Å². The van der Waals surface area contributed by atoms with E-state index in [0.717, 1.165) is 10.5 Å². The fraction of sp³-hybridized carbons (Fsp3) is 0.348. The first-order valence-corrected chi connectivity index (χ1v) is 10.1. The lowest BCUT2D eigenvalue weighted by Crippen LogP contribution is -2.42. The van der Waals surface area contributed by atoms with Crippen molar-refractivity contribution in [2.75, 3.05) is 11.9 Å². The second-order valence-corrected chi connectivity index (χ2v) is 9.08. The molecule has 9 heteroatoms. The standard InChI is InChI=1S/C23H26N4O5/c1-14-6-11-17(12-18(14)27(31)32)24-19(28)13-26-20(29)23(5,25-21(26)30)16-9-7-15(8-10-16)22(2,3)4/h6-12H,13H2,1-5H3,(H,24,28)(H,25,30)/t23-/m0/s1. The first-order valence-electron chi connectivity index (χ1n) is 10.1. The third kappa shape index (κ3) is 4.32. The highest BCUT2D eigenvalue weighted by molar-refractivity contribution is 6.10. The molecular weight excluding hydrogens is 412 g/mol. The molecule has 1 heterocycles. The van der Waals surface area contributed by atoms with Gasteiger partial charge >= 0.3 is 6.03 Å². The second kappa shape index (κ2) is 8.07. The normalized spacial score (nSPS) is 18.5. The fourth-order valence-corrected chi connectivity index (χ4v) is 3.57. The maximum Gasteiger partial charge on any atom is 0.325 e. The Bertz CT molecular complexity index is 1100. The fourth-order valence-electron chi connectivity index (χ4n) is 3.57. The van der Waals surface area contributed by atoms with Gasteiger partial charge in [-0.15, -0.1) is 0 Å². The minimum absolute atomic E-state index is 0.0580. The third-order valence-electron chi connectivity index (χ3n) is 5.59. The van der Waals surface area contributed by atoms with Gasteiger partial charge in [0, 0.05) is 17.3 Å². The summed E-state index contributed by atoms with van der Waals surface area (Å²) in [5.41, 5.74) is 0.874. The van der Waals surface area contributed by atoms with Gasteiger partial charge in [-0.2, -0.15) is 0 Å². The van der Waals surface area contributed by atoms with Crippen molar-refractivity contribution in [1.82, 2.24) is 10.2 Å². The van der Waals surface area contributed by atoms with Gasteiger partial charge in [0.1, 0.15) is 12.1 Å². The first kappa shape index (κ1) is 22.9. The van der Waals surface area contributed by atoms with Gasteiger partial charge in [-0.1, -0.05) is 51.1 Å². The van der Waals surface area contributed by atoms with Crippen molar-refractivity contribution in [1.29, 1.82) is 0 Å². The molecule has 0 aromatic heterocycles. The SMILES string of the molecule is Cc1ccc(NC(=O)CN2C(=O)N[C@@](C)(c3ccc(C(C)(C)C)cc3)C2=O)cc1[N+](=O)[O-]. The average Bonchev–Trinajstić information content (AvgIpc) is 2.92. The van der Waals surface area contributed by atoms with Crippen LogP contribution >= 0.6 is 0 Å². The van der Waals surface area contributed by atoms with Crippen LogP contribution in [0, 0.1) is 17.0 Å². The average molecular weight is 438 g/mol. The van der Waals surface area contributed by atoms with E-state index in [4.69, 9.17) is 0 Å². The van der Waals surface area contributed by atoms with E-state index in [1.807, 2.05) is 12.1 Å². The molecule has 0 aliphatic carbocycles. The quantitative estimate of drug-likeness (QED) is 0.420. The molecule has 2 N–H and O–H groups in total. The molecule has 1 aliphatic rings. The van der Waals surface area contributed by atoms with Crippen LogP contribution in [-0.4, -0.2) is 34.2 Å². The van der Waals surface area contributed by atoms with E-state index in [-0.39, 0.29) is 16.8 Å². The Labute approximate surface area is 185 Å². The second-order valence-electron chi connectivity index (χ2n) is 9.08. The van der Waals surface area contributed by atoms with Gasteiger partial charge in [0.2, 0.25) is 5.91 Å². The molecule has 0 spiro atoms. The van der Waals surface area contributed by atoms with Crippen LogP contribution in [0.25, 0.3) is 0 Å². The lowest BCUT2D eigenvalue weighted by molar-refractivity contribution is -0.385. The molecule has 0 bridgehead atoms. The minimum atomic E-state index is -1.30. The Morgan fingerprint density at radius 1 is 1.16 bits per heavy atom. The predicted octanol–water partition coefficient (Wildman–Crippen LogP) is 3.61. The van der Waals surface area contributed by atoms with Crippen LogP contribution in [0.15, 0.2) is 42.5 Å². The smallest absolute Gasteiger partial charge is 0.324 e. The summed E-state index contributed by atoms with van der Waals surface area (Å²) in [4.78, 5) is 49.4. The van der Waals surface area contributed by atoms with Crippen LogP contribution in [0.4, 0.5) is 16.2 Å². The van der Waals surface area contributed by atoms with Gasteiger partial charge in [-0.3, -0.25) is 24.6 Å². The molecule has 2 aromatic rings. The maximum absolute atomic E-state index is 13.1. The van der Waals surface area contributed by atoms with Crippen LogP contribution in [0.3, 0.4) is 0 Å². The van der Waals surface area contributed by atoms with Gasteiger partial charge in [-0.05, 0) is 36.5 Å². The summed E-state index contributed by atoms with van der Waals surface area (Å²) in [7, 11) is 0. The summed E-state index contributed by atoms with van der Waals surface area (Å²) in [5.74, 6) is -1.19. The number of nitro groups is 1. The molecule has 32 heavy (non-hydrogen) atoms. The summed E-state index contributed by atoms with van der Waals surface area (Å²) in [5, 5.41) is 16.3. The van der Waals surface area contributed by atoms with Gasteiger partial charge < -0.3 is 10.6 Å². The highest BCUT2D eigenvalue weighted by atomic mass is 16.6. The largest absolute Gasteiger partial charge is 0.325 e. The highest BCUT2D eigenvalue weighted by Gasteiger charge is 2.49. The minimum Gasteiger partial charge on any atom is -0.324 e. The first-order chi connectivity index (χ1) is 14.8. The summed E-state index contributed by atoms with van der Waals surface area (Å²) in [6.45, 7) is 8.91. The molecule has 1 atom stereocenters. The summed E-state index contributed by atoms with van der Waals surface area (Å²) in [6, 6.07) is 11.0. The monoisotopic (exact) mass is 438 g/mol. The number of benzene rings is 2.